The first kappa shape index (κ1) is 16.1. The lowest BCUT2D eigenvalue weighted by atomic mass is 10.2. The van der Waals surface area contributed by atoms with Gasteiger partial charge in [-0.25, -0.2) is 4.39 Å². The number of nitrogens with two attached hydrogens (primary N) is 1. The van der Waals surface area contributed by atoms with Gasteiger partial charge in [0.25, 0.3) is 0 Å². The molecule has 1 unspecified atom stereocenters. The molecular formula is C14H22FN3O2. The van der Waals surface area contributed by atoms with Crippen molar-refractivity contribution in [3.63, 3.8) is 0 Å². The lowest BCUT2D eigenvalue weighted by Gasteiger charge is -2.24. The zero-order valence-corrected chi connectivity index (χ0v) is 12.4. The lowest BCUT2D eigenvalue weighted by molar-refractivity contribution is -0.131. The van der Waals surface area contributed by atoms with Gasteiger partial charge in [-0.1, -0.05) is 0 Å². The minimum absolute atomic E-state index is 0.0299. The molecule has 0 spiro atoms. The van der Waals surface area contributed by atoms with Crippen LogP contribution in [0, 0.1) is 5.82 Å². The number of carbonyl (C=O) groups is 1. The fraction of sp³-hybridized carbons (Fsp3) is 0.500. The number of amides is 1. The van der Waals surface area contributed by atoms with Crippen molar-refractivity contribution in [3.8, 4) is 5.75 Å². The topological polar surface area (TPSA) is 67.6 Å². The van der Waals surface area contributed by atoms with Gasteiger partial charge in [0.1, 0.15) is 6.04 Å². The van der Waals surface area contributed by atoms with Crippen molar-refractivity contribution < 1.29 is 13.9 Å². The minimum Gasteiger partial charge on any atom is -0.494 e. The van der Waals surface area contributed by atoms with Gasteiger partial charge in [-0.05, 0) is 20.8 Å². The number of nitrogens with zero attached hydrogens (tertiary/aromatic N) is 1. The molecular weight excluding hydrogens is 261 g/mol. The Bertz CT molecular complexity index is 476. The summed E-state index contributed by atoms with van der Waals surface area (Å²) in [7, 11) is 1.38. The van der Waals surface area contributed by atoms with Gasteiger partial charge in [0.05, 0.1) is 18.5 Å². The number of anilines is 2. The number of nitrogens with one attached hydrogen (secondary N) is 1. The standard InChI is InChI=1S/C14H22FN3O2/c1-5-18(6-2)14(19)9(3)17-12-8-13(20-4)10(15)7-11(12)16/h7-9,17H,5-6,16H2,1-4H3. The van der Waals surface area contributed by atoms with Gasteiger partial charge in [0.15, 0.2) is 11.6 Å². The summed E-state index contributed by atoms with van der Waals surface area (Å²) < 4.78 is 18.4. The fourth-order valence-electron chi connectivity index (χ4n) is 1.95. The summed E-state index contributed by atoms with van der Waals surface area (Å²) >= 11 is 0. The summed E-state index contributed by atoms with van der Waals surface area (Å²) in [4.78, 5) is 13.9. The van der Waals surface area contributed by atoms with Crippen LogP contribution in [-0.2, 0) is 4.79 Å². The SMILES string of the molecule is CCN(CC)C(=O)C(C)Nc1cc(OC)c(F)cc1N. The molecule has 1 atom stereocenters. The maximum atomic E-state index is 13.5. The number of benzene rings is 1. The molecule has 5 nitrogen and oxygen atoms in total. The monoisotopic (exact) mass is 283 g/mol. The largest absolute Gasteiger partial charge is 0.494 e. The molecule has 1 rings (SSSR count). The van der Waals surface area contributed by atoms with Crippen molar-refractivity contribution in [2.24, 2.45) is 0 Å². The van der Waals surface area contributed by atoms with Gasteiger partial charge in [0.2, 0.25) is 5.91 Å². The maximum Gasteiger partial charge on any atom is 0.244 e. The van der Waals surface area contributed by atoms with Crippen LogP contribution >= 0.6 is 0 Å². The van der Waals surface area contributed by atoms with Crippen LogP contribution in [0.3, 0.4) is 0 Å². The van der Waals surface area contributed by atoms with Crippen LogP contribution in [0.5, 0.6) is 5.75 Å². The summed E-state index contributed by atoms with van der Waals surface area (Å²) in [5.41, 5.74) is 6.47. The van der Waals surface area contributed by atoms with Gasteiger partial charge in [0, 0.05) is 25.2 Å². The number of likely N-dealkylation sites (N-methyl/N-ethyl adjacent to an activating group) is 1. The quantitative estimate of drug-likeness (QED) is 0.784. The van der Waals surface area contributed by atoms with Crippen LogP contribution < -0.4 is 15.8 Å². The van der Waals surface area contributed by atoms with Crippen molar-refractivity contribution in [1.82, 2.24) is 4.90 Å². The number of hydrogen-bond acceptors (Lipinski definition) is 4. The normalized spacial score (nSPS) is 11.8. The van der Waals surface area contributed by atoms with Gasteiger partial charge < -0.3 is 20.7 Å². The van der Waals surface area contributed by atoms with Crippen molar-refractivity contribution in [2.45, 2.75) is 26.8 Å². The van der Waals surface area contributed by atoms with E-state index in [9.17, 15) is 9.18 Å². The molecule has 0 saturated carbocycles. The fourth-order valence-corrected chi connectivity index (χ4v) is 1.95. The van der Waals surface area contributed by atoms with Gasteiger partial charge in [-0.2, -0.15) is 0 Å². The van der Waals surface area contributed by atoms with E-state index in [1.165, 1.54) is 19.2 Å². The Morgan fingerprint density at radius 3 is 2.55 bits per heavy atom. The second-order valence-corrected chi connectivity index (χ2v) is 4.45. The van der Waals surface area contributed by atoms with Gasteiger partial charge >= 0.3 is 0 Å². The molecule has 0 aliphatic carbocycles. The Hall–Kier alpha value is -1.98. The summed E-state index contributed by atoms with van der Waals surface area (Å²) in [6, 6.07) is 2.18. The molecule has 112 valence electrons. The molecule has 0 fully saturated rings. The first-order chi connectivity index (χ1) is 9.44. The Kier molecular flexibility index (Phi) is 5.61. The molecule has 0 bridgehead atoms. The number of ether oxygens (including phenoxy) is 1. The zero-order valence-electron chi connectivity index (χ0n) is 12.4. The summed E-state index contributed by atoms with van der Waals surface area (Å²) in [6.07, 6.45) is 0. The second kappa shape index (κ2) is 6.98. The number of methoxy groups -OCH3 is 1. The van der Waals surface area contributed by atoms with E-state index < -0.39 is 11.9 Å². The Morgan fingerprint density at radius 1 is 1.45 bits per heavy atom. The second-order valence-electron chi connectivity index (χ2n) is 4.45. The van der Waals surface area contributed by atoms with Crippen molar-refractivity contribution in [1.29, 1.82) is 0 Å². The van der Waals surface area contributed by atoms with Crippen molar-refractivity contribution in [2.75, 3.05) is 31.2 Å². The van der Waals surface area contributed by atoms with E-state index in [0.717, 1.165) is 0 Å². The number of carbonyl (C=O) groups excluding carboxylic acids is 1. The first-order valence-electron chi connectivity index (χ1n) is 6.62. The smallest absolute Gasteiger partial charge is 0.244 e. The third-order valence-electron chi connectivity index (χ3n) is 3.14. The van der Waals surface area contributed by atoms with Crippen molar-refractivity contribution >= 4 is 17.3 Å². The van der Waals surface area contributed by atoms with Crippen LogP contribution in [0.1, 0.15) is 20.8 Å². The third kappa shape index (κ3) is 3.53. The highest BCUT2D eigenvalue weighted by molar-refractivity contribution is 5.85. The Balaban J connectivity index is 2.90. The summed E-state index contributed by atoms with van der Waals surface area (Å²) in [6.45, 7) is 6.87. The molecule has 0 heterocycles. The average molecular weight is 283 g/mol. The van der Waals surface area contributed by atoms with Crippen LogP contribution in [0.15, 0.2) is 12.1 Å². The summed E-state index contributed by atoms with van der Waals surface area (Å²) in [5.74, 6) is -0.472. The lowest BCUT2D eigenvalue weighted by Crippen LogP contribution is -2.41. The molecule has 6 heteroatoms. The highest BCUT2D eigenvalue weighted by atomic mass is 19.1. The third-order valence-corrected chi connectivity index (χ3v) is 3.14. The highest BCUT2D eigenvalue weighted by Crippen LogP contribution is 2.28. The van der Waals surface area contributed by atoms with E-state index in [2.05, 4.69) is 5.32 Å². The average Bonchev–Trinajstić information content (AvgIpc) is 2.42. The number of nitrogen functional groups attached to an aromatic ring is 1. The van der Waals surface area contributed by atoms with E-state index in [1.54, 1.807) is 11.8 Å². The highest BCUT2D eigenvalue weighted by Gasteiger charge is 2.19. The maximum absolute atomic E-state index is 13.5. The van der Waals surface area contributed by atoms with Crippen LogP contribution in [0.4, 0.5) is 15.8 Å². The molecule has 0 saturated heterocycles. The Morgan fingerprint density at radius 2 is 2.05 bits per heavy atom. The first-order valence-corrected chi connectivity index (χ1v) is 6.62. The number of hydrogen-bond donors (Lipinski definition) is 2. The molecule has 0 aliphatic rings. The van der Waals surface area contributed by atoms with Crippen LogP contribution in [0.25, 0.3) is 0 Å². The number of halogens is 1. The van der Waals surface area contributed by atoms with Gasteiger partial charge in [-0.3, -0.25) is 4.79 Å². The number of rotatable bonds is 6. The van der Waals surface area contributed by atoms with E-state index >= 15 is 0 Å². The molecule has 20 heavy (non-hydrogen) atoms. The van der Waals surface area contributed by atoms with Crippen LogP contribution in [0.2, 0.25) is 0 Å². The molecule has 1 amide bonds. The molecule has 3 N–H and O–H groups in total. The summed E-state index contributed by atoms with van der Waals surface area (Å²) in [5, 5.41) is 3.00. The minimum atomic E-state index is -0.529. The van der Waals surface area contributed by atoms with E-state index in [0.29, 0.717) is 18.8 Å². The molecule has 0 radical (unpaired) electrons. The van der Waals surface area contributed by atoms with Gasteiger partial charge in [-0.15, -0.1) is 0 Å². The van der Waals surface area contributed by atoms with E-state index in [4.69, 9.17) is 10.5 Å². The van der Waals surface area contributed by atoms with Crippen molar-refractivity contribution in [3.05, 3.63) is 17.9 Å². The molecule has 1 aromatic carbocycles. The van der Waals surface area contributed by atoms with E-state index in [-0.39, 0.29) is 17.3 Å². The predicted octanol–water partition coefficient (Wildman–Crippen LogP) is 2.09. The predicted molar refractivity (Wildman–Crippen MR) is 78.4 cm³/mol. The molecule has 1 aromatic rings. The van der Waals surface area contributed by atoms with Crippen LogP contribution in [-0.4, -0.2) is 37.0 Å². The Labute approximate surface area is 118 Å². The molecule has 0 aliphatic heterocycles. The van der Waals surface area contributed by atoms with E-state index in [1.807, 2.05) is 13.8 Å². The molecule has 0 aromatic heterocycles. The zero-order chi connectivity index (χ0) is 15.3.